The predicted octanol–water partition coefficient (Wildman–Crippen LogP) is 0.737. The van der Waals surface area contributed by atoms with Crippen LogP contribution in [0.3, 0.4) is 0 Å². The number of fused-ring (bicyclic) bond motifs is 1. The number of sulfone groups is 1. The van der Waals surface area contributed by atoms with Crippen molar-refractivity contribution in [3.05, 3.63) is 29.8 Å². The molecule has 1 unspecified atom stereocenters. The number of benzene rings is 1. The maximum Gasteiger partial charge on any atom is 0.253 e. The first-order valence-corrected chi connectivity index (χ1v) is 8.07. The summed E-state index contributed by atoms with van der Waals surface area (Å²) in [5.41, 5.74) is 1.71. The van der Waals surface area contributed by atoms with E-state index in [1.165, 1.54) is 0 Å². The van der Waals surface area contributed by atoms with Crippen LogP contribution in [0.2, 0.25) is 0 Å². The van der Waals surface area contributed by atoms with Gasteiger partial charge in [0.2, 0.25) is 0 Å². The molecule has 0 spiro atoms. The van der Waals surface area contributed by atoms with E-state index in [1.54, 1.807) is 4.90 Å². The van der Waals surface area contributed by atoms with E-state index in [1.807, 2.05) is 24.3 Å². The molecule has 19 heavy (non-hydrogen) atoms. The molecule has 3 rings (SSSR count). The maximum atomic E-state index is 12.2. The van der Waals surface area contributed by atoms with Gasteiger partial charge >= 0.3 is 0 Å². The molecule has 1 aromatic rings. The van der Waals surface area contributed by atoms with E-state index >= 15 is 0 Å². The quantitative estimate of drug-likeness (QED) is 0.761. The number of hydrogen-bond donors (Lipinski definition) is 0. The summed E-state index contributed by atoms with van der Waals surface area (Å²) in [4.78, 5) is 13.8. The summed E-state index contributed by atoms with van der Waals surface area (Å²) in [5.74, 6) is 0.0458. The minimum absolute atomic E-state index is 0.00519. The molecular weight excluding hydrogens is 266 g/mol. The zero-order chi connectivity index (χ0) is 13.5. The third-order valence-corrected chi connectivity index (χ3v) is 5.33. The summed E-state index contributed by atoms with van der Waals surface area (Å²) in [7, 11) is -3.02. The highest BCUT2D eigenvalue weighted by molar-refractivity contribution is 7.91. The predicted molar refractivity (Wildman–Crippen MR) is 70.6 cm³/mol. The number of rotatable bonds is 1. The molecule has 0 aromatic heterocycles. The van der Waals surface area contributed by atoms with E-state index in [0.717, 1.165) is 11.3 Å². The molecule has 6 heteroatoms. The molecule has 0 bridgehead atoms. The molecule has 2 aliphatic heterocycles. The number of carbonyl (C=O) groups is 1. The Labute approximate surface area is 112 Å². The first kappa shape index (κ1) is 12.6. The van der Waals surface area contributed by atoms with Crippen LogP contribution in [0.4, 0.5) is 5.69 Å². The van der Waals surface area contributed by atoms with E-state index in [-0.39, 0.29) is 30.1 Å². The smallest absolute Gasteiger partial charge is 0.253 e. The van der Waals surface area contributed by atoms with Crippen LogP contribution in [0.5, 0.6) is 0 Å². The Hall–Kier alpha value is -1.40. The van der Waals surface area contributed by atoms with Gasteiger partial charge in [-0.25, -0.2) is 8.42 Å². The number of nitrogens with zero attached hydrogens (tertiary/aromatic N) is 1. The SMILES string of the molecule is O=C1COCc2ccccc2N1C1CCS(=O)(=O)C1. The second kappa shape index (κ2) is 4.61. The Bertz CT molecular complexity index is 611. The molecule has 1 atom stereocenters. The molecule has 2 heterocycles. The van der Waals surface area contributed by atoms with E-state index in [4.69, 9.17) is 4.74 Å². The van der Waals surface area contributed by atoms with Crippen molar-refractivity contribution in [3.8, 4) is 0 Å². The zero-order valence-electron chi connectivity index (χ0n) is 10.4. The Balaban J connectivity index is 2.01. The van der Waals surface area contributed by atoms with Gasteiger partial charge in [0.15, 0.2) is 9.84 Å². The lowest BCUT2D eigenvalue weighted by molar-refractivity contribution is -0.123. The second-order valence-corrected chi connectivity index (χ2v) is 7.17. The lowest BCUT2D eigenvalue weighted by Crippen LogP contribution is -2.42. The molecule has 0 N–H and O–H groups in total. The van der Waals surface area contributed by atoms with E-state index < -0.39 is 9.84 Å². The number of ether oxygens (including phenoxy) is 1. The molecule has 0 radical (unpaired) electrons. The van der Waals surface area contributed by atoms with Crippen LogP contribution in [0.15, 0.2) is 24.3 Å². The largest absolute Gasteiger partial charge is 0.367 e. The first-order chi connectivity index (χ1) is 9.07. The van der Waals surface area contributed by atoms with Gasteiger partial charge in [0.25, 0.3) is 5.91 Å². The first-order valence-electron chi connectivity index (χ1n) is 6.25. The van der Waals surface area contributed by atoms with Crippen LogP contribution in [0.25, 0.3) is 0 Å². The fourth-order valence-corrected chi connectivity index (χ4v) is 4.40. The van der Waals surface area contributed by atoms with Gasteiger partial charge in [-0.15, -0.1) is 0 Å². The second-order valence-electron chi connectivity index (χ2n) is 4.94. The van der Waals surface area contributed by atoms with Crippen molar-refractivity contribution in [1.29, 1.82) is 0 Å². The van der Waals surface area contributed by atoms with Crippen molar-refractivity contribution in [3.63, 3.8) is 0 Å². The average Bonchev–Trinajstić information content (AvgIpc) is 2.63. The minimum atomic E-state index is -3.02. The van der Waals surface area contributed by atoms with Crippen LogP contribution in [-0.4, -0.2) is 38.5 Å². The van der Waals surface area contributed by atoms with Gasteiger partial charge in [0.05, 0.1) is 24.2 Å². The fourth-order valence-electron chi connectivity index (χ4n) is 2.70. The standard InChI is InChI=1S/C13H15NO4S/c15-13-8-18-7-10-3-1-2-4-12(10)14(13)11-5-6-19(16,17)9-11/h1-4,11H,5-9H2. The van der Waals surface area contributed by atoms with E-state index in [0.29, 0.717) is 13.0 Å². The van der Waals surface area contributed by atoms with Gasteiger partial charge in [0.1, 0.15) is 6.61 Å². The number of amides is 1. The number of carbonyl (C=O) groups excluding carboxylic acids is 1. The third-order valence-electron chi connectivity index (χ3n) is 3.58. The third kappa shape index (κ3) is 2.37. The van der Waals surface area contributed by atoms with Crippen LogP contribution in [-0.2, 0) is 26.0 Å². The highest BCUT2D eigenvalue weighted by Crippen LogP contribution is 2.30. The lowest BCUT2D eigenvalue weighted by Gasteiger charge is -2.27. The normalized spacial score (nSPS) is 26.0. The van der Waals surface area contributed by atoms with Gasteiger partial charge in [0, 0.05) is 11.3 Å². The molecule has 0 saturated carbocycles. The highest BCUT2D eigenvalue weighted by Gasteiger charge is 2.37. The van der Waals surface area contributed by atoms with Gasteiger partial charge in [-0.3, -0.25) is 4.79 Å². The number of para-hydroxylation sites is 1. The lowest BCUT2D eigenvalue weighted by atomic mass is 10.1. The summed E-state index contributed by atoms with van der Waals surface area (Å²) < 4.78 is 28.6. The molecular formula is C13H15NO4S. The minimum Gasteiger partial charge on any atom is -0.367 e. The molecule has 5 nitrogen and oxygen atoms in total. The Morgan fingerprint density at radius 1 is 1.21 bits per heavy atom. The summed E-state index contributed by atoms with van der Waals surface area (Å²) in [5, 5.41) is 0. The van der Waals surface area contributed by atoms with Crippen LogP contribution < -0.4 is 4.90 Å². The average molecular weight is 281 g/mol. The van der Waals surface area contributed by atoms with E-state index in [2.05, 4.69) is 0 Å². The van der Waals surface area contributed by atoms with Crippen LogP contribution in [0, 0.1) is 0 Å². The summed E-state index contributed by atoms with van der Waals surface area (Å²) in [6.45, 7) is 0.392. The van der Waals surface area contributed by atoms with E-state index in [9.17, 15) is 13.2 Å². The van der Waals surface area contributed by atoms with Gasteiger partial charge in [-0.1, -0.05) is 18.2 Å². The van der Waals surface area contributed by atoms with Crippen molar-refractivity contribution in [2.24, 2.45) is 0 Å². The van der Waals surface area contributed by atoms with Crippen molar-refractivity contribution in [1.82, 2.24) is 0 Å². The summed E-state index contributed by atoms with van der Waals surface area (Å²) in [6.07, 6.45) is 0.502. The Morgan fingerprint density at radius 2 is 2.00 bits per heavy atom. The number of anilines is 1. The Kier molecular flexibility index (Phi) is 3.06. The molecule has 1 saturated heterocycles. The van der Waals surface area contributed by atoms with Crippen LogP contribution >= 0.6 is 0 Å². The monoisotopic (exact) mass is 281 g/mol. The summed E-state index contributed by atoms with van der Waals surface area (Å²) in [6, 6.07) is 7.24. The van der Waals surface area contributed by atoms with Crippen molar-refractivity contribution in [2.45, 2.75) is 19.1 Å². The zero-order valence-corrected chi connectivity index (χ0v) is 11.2. The summed E-state index contributed by atoms with van der Waals surface area (Å²) >= 11 is 0. The maximum absolute atomic E-state index is 12.2. The van der Waals surface area contributed by atoms with Crippen molar-refractivity contribution >= 4 is 21.4 Å². The molecule has 0 aliphatic carbocycles. The molecule has 102 valence electrons. The molecule has 1 fully saturated rings. The van der Waals surface area contributed by atoms with Gasteiger partial charge < -0.3 is 9.64 Å². The van der Waals surface area contributed by atoms with Crippen molar-refractivity contribution in [2.75, 3.05) is 23.0 Å². The van der Waals surface area contributed by atoms with Crippen molar-refractivity contribution < 1.29 is 17.9 Å². The highest BCUT2D eigenvalue weighted by atomic mass is 32.2. The molecule has 2 aliphatic rings. The number of hydrogen-bond acceptors (Lipinski definition) is 4. The fraction of sp³-hybridized carbons (Fsp3) is 0.462. The molecule has 1 amide bonds. The molecule has 1 aromatic carbocycles. The Morgan fingerprint density at radius 3 is 2.74 bits per heavy atom. The topological polar surface area (TPSA) is 63.7 Å². The van der Waals surface area contributed by atoms with Gasteiger partial charge in [-0.2, -0.15) is 0 Å². The van der Waals surface area contributed by atoms with Crippen LogP contribution in [0.1, 0.15) is 12.0 Å². The van der Waals surface area contributed by atoms with Gasteiger partial charge in [-0.05, 0) is 12.5 Å².